The fraction of sp³-hybridized carbons (Fsp3) is 0.400. The minimum absolute atomic E-state index is 0.819. The van der Waals surface area contributed by atoms with Crippen molar-refractivity contribution in [2.45, 2.75) is 40.5 Å². The lowest BCUT2D eigenvalue weighted by Crippen LogP contribution is -1.83. The topological polar surface area (TPSA) is 9.23 Å². The molecule has 0 unspecified atom stereocenters. The molecule has 0 aliphatic carbocycles. The van der Waals surface area contributed by atoms with Gasteiger partial charge in [-0.1, -0.05) is 81.8 Å². The first kappa shape index (κ1) is 19.4. The van der Waals surface area contributed by atoms with Crippen molar-refractivity contribution in [1.29, 1.82) is 0 Å². The summed E-state index contributed by atoms with van der Waals surface area (Å²) >= 11 is 0. The maximum atomic E-state index is 4.54. The zero-order chi connectivity index (χ0) is 15.9. The average molecular weight is 286 g/mol. The molecule has 2 aromatic rings. The second-order valence-corrected chi connectivity index (χ2v) is 4.39. The highest BCUT2D eigenvalue weighted by atomic mass is 16.5. The SMILES string of the molecule is CC.CCCc1ccc(-c2ccccc2)cc1.CCOC. The smallest absolute Gasteiger partial charge is 0.0433 e. The summed E-state index contributed by atoms with van der Waals surface area (Å²) in [6.07, 6.45) is 2.39. The standard InChI is InChI=1S/C15H16.C3H8O.C2H6/c1-2-6-13-9-11-15(12-10-13)14-7-4-3-5-8-14;1-3-4-2;1-2/h3-5,7-12H,2,6H2,1H3;3H2,1-2H3;1-2H3. The average Bonchev–Trinajstić information content (AvgIpc) is 2.59. The molecule has 0 saturated heterocycles. The van der Waals surface area contributed by atoms with E-state index in [4.69, 9.17) is 0 Å². The van der Waals surface area contributed by atoms with Crippen LogP contribution in [0.25, 0.3) is 11.1 Å². The van der Waals surface area contributed by atoms with Crippen LogP contribution in [0.15, 0.2) is 54.6 Å². The van der Waals surface area contributed by atoms with E-state index in [-0.39, 0.29) is 0 Å². The zero-order valence-electron chi connectivity index (χ0n) is 14.2. The lowest BCUT2D eigenvalue weighted by Gasteiger charge is -2.03. The van der Waals surface area contributed by atoms with Crippen LogP contribution in [-0.4, -0.2) is 13.7 Å². The molecular weight excluding hydrogens is 256 g/mol. The van der Waals surface area contributed by atoms with Gasteiger partial charge in [-0.25, -0.2) is 0 Å². The first-order valence-corrected chi connectivity index (χ1v) is 7.95. The van der Waals surface area contributed by atoms with Crippen molar-refractivity contribution in [3.63, 3.8) is 0 Å². The van der Waals surface area contributed by atoms with Gasteiger partial charge in [-0.3, -0.25) is 0 Å². The van der Waals surface area contributed by atoms with Gasteiger partial charge in [0.15, 0.2) is 0 Å². The second kappa shape index (κ2) is 13.4. The molecule has 0 aliphatic rings. The molecule has 0 atom stereocenters. The summed E-state index contributed by atoms with van der Waals surface area (Å²) in [5, 5.41) is 0. The number of benzene rings is 2. The Labute approximate surface area is 131 Å². The highest BCUT2D eigenvalue weighted by Crippen LogP contribution is 2.19. The zero-order valence-corrected chi connectivity index (χ0v) is 14.2. The van der Waals surface area contributed by atoms with E-state index in [2.05, 4.69) is 66.3 Å². The van der Waals surface area contributed by atoms with Crippen molar-refractivity contribution in [3.8, 4) is 11.1 Å². The number of rotatable bonds is 4. The van der Waals surface area contributed by atoms with Crippen LogP contribution in [0.1, 0.15) is 39.7 Å². The van der Waals surface area contributed by atoms with Crippen LogP contribution in [0.4, 0.5) is 0 Å². The molecule has 0 saturated carbocycles. The minimum Gasteiger partial charge on any atom is -0.385 e. The molecule has 1 nitrogen and oxygen atoms in total. The second-order valence-electron chi connectivity index (χ2n) is 4.39. The lowest BCUT2D eigenvalue weighted by molar-refractivity contribution is 0.215. The summed E-state index contributed by atoms with van der Waals surface area (Å²) in [6.45, 7) is 8.99. The number of ether oxygens (including phenoxy) is 1. The van der Waals surface area contributed by atoms with Gasteiger partial charge >= 0.3 is 0 Å². The van der Waals surface area contributed by atoms with Crippen molar-refractivity contribution < 1.29 is 4.74 Å². The van der Waals surface area contributed by atoms with Gasteiger partial charge in [0.05, 0.1) is 0 Å². The fourth-order valence-corrected chi connectivity index (χ4v) is 1.78. The molecule has 0 heterocycles. The Kier molecular flexibility index (Phi) is 12.4. The molecule has 0 fully saturated rings. The molecule has 0 bridgehead atoms. The molecule has 0 radical (unpaired) electrons. The van der Waals surface area contributed by atoms with Crippen LogP contribution in [0.5, 0.6) is 0 Å². The Morgan fingerprint density at radius 2 is 1.24 bits per heavy atom. The predicted molar refractivity (Wildman–Crippen MR) is 94.8 cm³/mol. The van der Waals surface area contributed by atoms with Crippen LogP contribution < -0.4 is 0 Å². The summed E-state index contributed by atoms with van der Waals surface area (Å²) in [7, 11) is 1.68. The largest absolute Gasteiger partial charge is 0.385 e. The van der Waals surface area contributed by atoms with Gasteiger partial charge in [0.25, 0.3) is 0 Å². The Hall–Kier alpha value is -1.60. The van der Waals surface area contributed by atoms with Gasteiger partial charge in [-0.05, 0) is 30.0 Å². The Balaban J connectivity index is 0.000000579. The van der Waals surface area contributed by atoms with E-state index in [1.54, 1.807) is 7.11 Å². The van der Waals surface area contributed by atoms with Crippen LogP contribution in [0.3, 0.4) is 0 Å². The Bertz CT molecular complexity index is 429. The summed E-state index contributed by atoms with van der Waals surface area (Å²) < 4.78 is 4.54. The molecule has 2 rings (SSSR count). The van der Waals surface area contributed by atoms with Crippen LogP contribution in [0.2, 0.25) is 0 Å². The summed E-state index contributed by atoms with van der Waals surface area (Å²) in [5.41, 5.74) is 4.02. The maximum Gasteiger partial charge on any atom is 0.0433 e. The predicted octanol–water partition coefficient (Wildman–Crippen LogP) is 5.99. The van der Waals surface area contributed by atoms with Gasteiger partial charge in [0.1, 0.15) is 0 Å². The molecule has 0 aromatic heterocycles. The Morgan fingerprint density at radius 1 is 0.762 bits per heavy atom. The first-order valence-electron chi connectivity index (χ1n) is 7.95. The van der Waals surface area contributed by atoms with Crippen LogP contribution in [0, 0.1) is 0 Å². The molecule has 2 aromatic carbocycles. The summed E-state index contributed by atoms with van der Waals surface area (Å²) in [6, 6.07) is 19.4. The molecular formula is C20H30O. The minimum atomic E-state index is 0.819. The summed E-state index contributed by atoms with van der Waals surface area (Å²) in [5.74, 6) is 0. The fourth-order valence-electron chi connectivity index (χ4n) is 1.78. The molecule has 0 amide bonds. The third kappa shape index (κ3) is 8.31. The maximum absolute atomic E-state index is 4.54. The third-order valence-electron chi connectivity index (χ3n) is 2.89. The molecule has 1 heteroatoms. The van der Waals surface area contributed by atoms with E-state index in [9.17, 15) is 0 Å². The number of hydrogen-bond acceptors (Lipinski definition) is 1. The van der Waals surface area contributed by atoms with E-state index in [1.165, 1.54) is 29.5 Å². The quantitative estimate of drug-likeness (QED) is 0.671. The molecule has 0 aliphatic heterocycles. The normalized spacial score (nSPS) is 9.00. The van der Waals surface area contributed by atoms with Gasteiger partial charge < -0.3 is 4.74 Å². The van der Waals surface area contributed by atoms with Crippen LogP contribution >= 0.6 is 0 Å². The van der Waals surface area contributed by atoms with Crippen molar-refractivity contribution in [2.24, 2.45) is 0 Å². The van der Waals surface area contributed by atoms with Crippen LogP contribution in [-0.2, 0) is 11.2 Å². The third-order valence-corrected chi connectivity index (χ3v) is 2.89. The first-order chi connectivity index (χ1) is 10.3. The Morgan fingerprint density at radius 3 is 1.67 bits per heavy atom. The van der Waals surface area contributed by atoms with Gasteiger partial charge in [-0.15, -0.1) is 0 Å². The molecule has 116 valence electrons. The molecule has 0 N–H and O–H groups in total. The van der Waals surface area contributed by atoms with E-state index in [1.807, 2.05) is 20.8 Å². The highest BCUT2D eigenvalue weighted by molar-refractivity contribution is 5.63. The van der Waals surface area contributed by atoms with Gasteiger partial charge in [0, 0.05) is 13.7 Å². The van der Waals surface area contributed by atoms with E-state index in [0.717, 1.165) is 6.61 Å². The molecule has 21 heavy (non-hydrogen) atoms. The molecule has 0 spiro atoms. The van der Waals surface area contributed by atoms with Crippen molar-refractivity contribution in [3.05, 3.63) is 60.2 Å². The van der Waals surface area contributed by atoms with Gasteiger partial charge in [-0.2, -0.15) is 0 Å². The van der Waals surface area contributed by atoms with E-state index in [0.29, 0.717) is 0 Å². The number of hydrogen-bond donors (Lipinski definition) is 0. The van der Waals surface area contributed by atoms with E-state index >= 15 is 0 Å². The lowest BCUT2D eigenvalue weighted by atomic mass is 10.0. The summed E-state index contributed by atoms with van der Waals surface area (Å²) in [4.78, 5) is 0. The van der Waals surface area contributed by atoms with E-state index < -0.39 is 0 Å². The number of methoxy groups -OCH3 is 1. The van der Waals surface area contributed by atoms with Crippen molar-refractivity contribution >= 4 is 0 Å². The van der Waals surface area contributed by atoms with Crippen molar-refractivity contribution in [2.75, 3.05) is 13.7 Å². The van der Waals surface area contributed by atoms with Gasteiger partial charge in [0.2, 0.25) is 0 Å². The monoisotopic (exact) mass is 286 g/mol. The van der Waals surface area contributed by atoms with Crippen molar-refractivity contribution in [1.82, 2.24) is 0 Å². The highest BCUT2D eigenvalue weighted by Gasteiger charge is 1.96. The number of aryl methyl sites for hydroxylation is 1.